The first-order chi connectivity index (χ1) is 13.9. The lowest BCUT2D eigenvalue weighted by molar-refractivity contribution is -0.384. The molecular formula is C21H18N2O5S. The van der Waals surface area contributed by atoms with Crippen LogP contribution in [0.15, 0.2) is 88.7 Å². The van der Waals surface area contributed by atoms with Crippen LogP contribution in [-0.2, 0) is 21.1 Å². The number of non-ortho nitro benzene ring substituents is 1. The summed E-state index contributed by atoms with van der Waals surface area (Å²) < 4.78 is 25.3. The molecule has 148 valence electrons. The molecule has 0 aliphatic heterocycles. The van der Waals surface area contributed by atoms with E-state index in [1.165, 1.54) is 36.4 Å². The molecule has 0 bridgehead atoms. The van der Waals surface area contributed by atoms with E-state index in [2.05, 4.69) is 5.32 Å². The zero-order chi connectivity index (χ0) is 20.9. The zero-order valence-corrected chi connectivity index (χ0v) is 16.1. The lowest BCUT2D eigenvalue weighted by Gasteiger charge is -2.08. The van der Waals surface area contributed by atoms with Crippen molar-refractivity contribution in [1.82, 2.24) is 0 Å². The predicted molar refractivity (Wildman–Crippen MR) is 108 cm³/mol. The van der Waals surface area contributed by atoms with E-state index < -0.39 is 14.8 Å². The van der Waals surface area contributed by atoms with Crippen LogP contribution in [0.25, 0.3) is 0 Å². The van der Waals surface area contributed by atoms with Crippen LogP contribution >= 0.6 is 0 Å². The fourth-order valence-electron chi connectivity index (χ4n) is 2.73. The maximum Gasteiger partial charge on any atom is 0.269 e. The summed E-state index contributed by atoms with van der Waals surface area (Å²) in [6.45, 7) is 0. The number of nitrogens with one attached hydrogen (secondary N) is 1. The summed E-state index contributed by atoms with van der Waals surface area (Å²) in [4.78, 5) is 22.2. The van der Waals surface area contributed by atoms with E-state index in [4.69, 9.17) is 0 Å². The molecule has 0 saturated heterocycles. The smallest absolute Gasteiger partial charge is 0.269 e. The van der Waals surface area contributed by atoms with Crippen LogP contribution < -0.4 is 5.32 Å². The van der Waals surface area contributed by atoms with Crippen molar-refractivity contribution in [1.29, 1.82) is 0 Å². The van der Waals surface area contributed by atoms with E-state index in [9.17, 15) is 23.3 Å². The third-order valence-corrected chi connectivity index (χ3v) is 6.08. The number of hydrogen-bond acceptors (Lipinski definition) is 5. The van der Waals surface area contributed by atoms with Gasteiger partial charge in [-0.1, -0.05) is 30.3 Å². The van der Waals surface area contributed by atoms with Gasteiger partial charge < -0.3 is 5.32 Å². The van der Waals surface area contributed by atoms with Crippen molar-refractivity contribution in [2.75, 3.05) is 5.32 Å². The van der Waals surface area contributed by atoms with Crippen LogP contribution in [0.4, 0.5) is 11.4 Å². The van der Waals surface area contributed by atoms with Crippen molar-refractivity contribution in [3.63, 3.8) is 0 Å². The Hall–Kier alpha value is -3.52. The molecule has 0 aromatic heterocycles. The number of amides is 1. The molecule has 0 saturated carbocycles. The first-order valence-corrected chi connectivity index (χ1v) is 10.3. The second-order valence-corrected chi connectivity index (χ2v) is 8.26. The number of nitro groups is 1. The highest BCUT2D eigenvalue weighted by Crippen LogP contribution is 2.24. The molecule has 0 radical (unpaired) electrons. The number of hydrogen-bond donors (Lipinski definition) is 1. The lowest BCUT2D eigenvalue weighted by Crippen LogP contribution is -2.12. The van der Waals surface area contributed by atoms with Crippen molar-refractivity contribution in [3.05, 3.63) is 94.5 Å². The average Bonchev–Trinajstić information content (AvgIpc) is 2.73. The van der Waals surface area contributed by atoms with Crippen molar-refractivity contribution in [3.8, 4) is 0 Å². The standard InChI is InChI=1S/C21H18N2O5S/c24-21(15-6-16-4-2-1-3-5-16)22-17-7-11-19(12-8-17)29(27,28)20-13-9-18(10-14-20)23(25)26/h1-5,7-14H,6,15H2,(H,22,24). The summed E-state index contributed by atoms with van der Waals surface area (Å²) in [5.41, 5.74) is 1.37. The Bertz CT molecular complexity index is 1110. The molecule has 0 unspecified atom stereocenters. The molecule has 3 rings (SSSR count). The Morgan fingerprint density at radius 2 is 1.41 bits per heavy atom. The summed E-state index contributed by atoms with van der Waals surface area (Å²) in [7, 11) is -3.81. The maximum absolute atomic E-state index is 12.7. The summed E-state index contributed by atoms with van der Waals surface area (Å²) in [6.07, 6.45) is 0.923. The van der Waals surface area contributed by atoms with Crippen molar-refractivity contribution in [2.24, 2.45) is 0 Å². The molecule has 3 aromatic rings. The molecule has 3 aromatic carbocycles. The quantitative estimate of drug-likeness (QED) is 0.468. The zero-order valence-electron chi connectivity index (χ0n) is 15.3. The molecule has 1 N–H and O–H groups in total. The van der Waals surface area contributed by atoms with Gasteiger partial charge in [0.2, 0.25) is 15.7 Å². The monoisotopic (exact) mass is 410 g/mol. The summed E-state index contributed by atoms with van der Waals surface area (Å²) in [6, 6.07) is 20.1. The highest BCUT2D eigenvalue weighted by atomic mass is 32.2. The number of benzene rings is 3. The molecule has 7 nitrogen and oxygen atoms in total. The fraction of sp³-hybridized carbons (Fsp3) is 0.0952. The highest BCUT2D eigenvalue weighted by molar-refractivity contribution is 7.91. The number of rotatable bonds is 7. The number of sulfone groups is 1. The van der Waals surface area contributed by atoms with Crippen LogP contribution in [0.5, 0.6) is 0 Å². The molecule has 0 heterocycles. The van der Waals surface area contributed by atoms with Gasteiger partial charge in [0.15, 0.2) is 0 Å². The molecule has 0 aliphatic rings. The van der Waals surface area contributed by atoms with Crippen LogP contribution in [0, 0.1) is 10.1 Å². The Labute approximate surface area is 168 Å². The minimum atomic E-state index is -3.81. The predicted octanol–water partition coefficient (Wildman–Crippen LogP) is 4.00. The SMILES string of the molecule is O=C(CCc1ccccc1)Nc1ccc(S(=O)(=O)c2ccc([N+](=O)[O-])cc2)cc1. The number of carbonyl (C=O) groups is 1. The lowest BCUT2D eigenvalue weighted by atomic mass is 10.1. The minimum Gasteiger partial charge on any atom is -0.326 e. The Morgan fingerprint density at radius 3 is 1.97 bits per heavy atom. The third kappa shape index (κ3) is 5.05. The van der Waals surface area contributed by atoms with E-state index in [-0.39, 0.29) is 21.4 Å². The van der Waals surface area contributed by atoms with Gasteiger partial charge in [0.05, 0.1) is 14.7 Å². The van der Waals surface area contributed by atoms with Gasteiger partial charge in [-0.2, -0.15) is 0 Å². The Kier molecular flexibility index (Phi) is 6.04. The van der Waals surface area contributed by atoms with Gasteiger partial charge in [-0.15, -0.1) is 0 Å². The second kappa shape index (κ2) is 8.66. The topological polar surface area (TPSA) is 106 Å². The molecule has 0 atom stereocenters. The normalized spacial score (nSPS) is 11.0. The first-order valence-electron chi connectivity index (χ1n) is 8.79. The van der Waals surface area contributed by atoms with Crippen molar-refractivity contribution in [2.45, 2.75) is 22.6 Å². The largest absolute Gasteiger partial charge is 0.326 e. The van der Waals surface area contributed by atoms with Gasteiger partial charge in [0.1, 0.15) is 0 Å². The van der Waals surface area contributed by atoms with E-state index in [1.54, 1.807) is 0 Å². The molecule has 8 heteroatoms. The van der Waals surface area contributed by atoms with Gasteiger partial charge >= 0.3 is 0 Å². The molecular weight excluding hydrogens is 392 g/mol. The molecule has 29 heavy (non-hydrogen) atoms. The Balaban J connectivity index is 1.65. The molecule has 0 aliphatic carbocycles. The van der Waals surface area contributed by atoms with Crippen LogP contribution in [0.3, 0.4) is 0 Å². The van der Waals surface area contributed by atoms with Gasteiger partial charge in [0.25, 0.3) is 5.69 Å². The van der Waals surface area contributed by atoms with Crippen LogP contribution in [0.1, 0.15) is 12.0 Å². The number of carbonyl (C=O) groups excluding carboxylic acids is 1. The van der Waals surface area contributed by atoms with Gasteiger partial charge in [-0.05, 0) is 48.4 Å². The Morgan fingerprint density at radius 1 is 0.862 bits per heavy atom. The van der Waals surface area contributed by atoms with E-state index in [1.807, 2.05) is 30.3 Å². The number of nitrogens with zero attached hydrogens (tertiary/aromatic N) is 1. The number of aryl methyl sites for hydroxylation is 1. The van der Waals surface area contributed by atoms with Gasteiger partial charge in [-0.25, -0.2) is 8.42 Å². The van der Waals surface area contributed by atoms with Crippen LogP contribution in [-0.4, -0.2) is 19.2 Å². The maximum atomic E-state index is 12.7. The average molecular weight is 410 g/mol. The number of nitro benzene ring substituents is 1. The summed E-state index contributed by atoms with van der Waals surface area (Å²) in [5.74, 6) is -0.167. The van der Waals surface area contributed by atoms with E-state index in [0.717, 1.165) is 17.7 Å². The van der Waals surface area contributed by atoms with Crippen molar-refractivity contribution >= 4 is 27.1 Å². The third-order valence-electron chi connectivity index (χ3n) is 4.29. The summed E-state index contributed by atoms with van der Waals surface area (Å²) in [5, 5.41) is 13.4. The minimum absolute atomic E-state index is 0.0358. The van der Waals surface area contributed by atoms with E-state index >= 15 is 0 Å². The van der Waals surface area contributed by atoms with Crippen LogP contribution in [0.2, 0.25) is 0 Å². The second-order valence-electron chi connectivity index (χ2n) is 6.31. The van der Waals surface area contributed by atoms with Crippen molar-refractivity contribution < 1.29 is 18.1 Å². The summed E-state index contributed by atoms with van der Waals surface area (Å²) >= 11 is 0. The van der Waals surface area contributed by atoms with Gasteiger partial charge in [0, 0.05) is 24.2 Å². The van der Waals surface area contributed by atoms with E-state index in [0.29, 0.717) is 18.5 Å². The fourth-order valence-corrected chi connectivity index (χ4v) is 3.99. The molecule has 0 fully saturated rings. The molecule has 0 spiro atoms. The highest BCUT2D eigenvalue weighted by Gasteiger charge is 2.19. The molecule has 1 amide bonds. The number of anilines is 1. The first kappa shape index (κ1) is 20.2. The van der Waals surface area contributed by atoms with Gasteiger partial charge in [-0.3, -0.25) is 14.9 Å².